The molecule has 8 N–H and O–H groups in total. The van der Waals surface area contributed by atoms with Crippen LogP contribution < -0.4 is 11.1 Å². The number of rotatable bonds is 9. The fraction of sp³-hybridized carbons (Fsp3) is 0.821. The van der Waals surface area contributed by atoms with Gasteiger partial charge in [0.05, 0.1) is 35.3 Å². The van der Waals surface area contributed by atoms with E-state index in [-0.39, 0.29) is 35.6 Å². The minimum Gasteiger partial charge on any atom is -0.396 e. The van der Waals surface area contributed by atoms with Gasteiger partial charge in [-0.3, -0.25) is 4.79 Å². The van der Waals surface area contributed by atoms with Crippen LogP contribution in [0.2, 0.25) is 0 Å². The Morgan fingerprint density at radius 3 is 2.42 bits per heavy atom. The number of carbonyl (C=O) groups excluding carboxylic acids is 1. The van der Waals surface area contributed by atoms with Crippen molar-refractivity contribution in [3.63, 3.8) is 0 Å². The molecule has 5 fully saturated rings. The first-order valence-electron chi connectivity index (χ1n) is 18.8. The molecule has 0 aromatic heterocycles. The lowest BCUT2D eigenvalue weighted by molar-refractivity contribution is -0.163. The van der Waals surface area contributed by atoms with Gasteiger partial charge in [-0.2, -0.15) is 0 Å². The molecule has 7 rings (SSSR count). The number of fused-ring (bicyclic) bond motifs is 5. The fourth-order valence-corrected chi connectivity index (χ4v) is 12.4. The van der Waals surface area contributed by atoms with Crippen molar-refractivity contribution in [3.05, 3.63) is 35.2 Å². The number of nitrogens with one attached hydrogen (secondary N) is 1. The number of epoxide rings is 1. The molecule has 0 amide bonds. The first-order valence-corrected chi connectivity index (χ1v) is 18.8. The molecule has 268 valence electrons. The molecule has 1 saturated heterocycles. The third-order valence-electron chi connectivity index (χ3n) is 15.7. The summed E-state index contributed by atoms with van der Waals surface area (Å²) in [6, 6.07) is 0. The van der Waals surface area contributed by atoms with E-state index in [1.54, 1.807) is 19.9 Å². The van der Waals surface area contributed by atoms with Crippen LogP contribution in [0.3, 0.4) is 0 Å². The molecule has 12 atom stereocenters. The minimum absolute atomic E-state index is 0.0724. The summed E-state index contributed by atoms with van der Waals surface area (Å²) in [5, 5.41) is 61.7. The predicted molar refractivity (Wildman–Crippen MR) is 182 cm³/mol. The lowest BCUT2D eigenvalue weighted by atomic mass is 9.42. The Morgan fingerprint density at radius 1 is 1.00 bits per heavy atom. The van der Waals surface area contributed by atoms with Crippen LogP contribution in [-0.4, -0.2) is 79.6 Å². The molecule has 0 spiro atoms. The van der Waals surface area contributed by atoms with Gasteiger partial charge in [0.2, 0.25) is 0 Å². The van der Waals surface area contributed by atoms with E-state index in [4.69, 9.17) is 10.5 Å². The van der Waals surface area contributed by atoms with Crippen molar-refractivity contribution >= 4 is 5.78 Å². The van der Waals surface area contributed by atoms with E-state index in [0.717, 1.165) is 43.3 Å². The van der Waals surface area contributed by atoms with Crippen LogP contribution in [0.1, 0.15) is 111 Å². The molecule has 2 heterocycles. The standard InChI is InChI=1S/C39H60N2O7/c1-34(22-42,14-9-23-13-18-41-31(40)19-23)37(4,46)33-32(48-33)36(3,45)30-12-17-39(47)27-21-29(44)28-20-25(43)10-16-38(28,24-7-5-6-8-24)26(27)11-15-35(30,39)2/h13,19,21,24-26,28,30,32-33,41-43,45-47H,5-12,14-18,20,22,40H2,1-4H3/t25-,26-,28-,30-,32-,33-,34-,35+,36+,37-,38-,39+/m0/s1. The van der Waals surface area contributed by atoms with Gasteiger partial charge in [-0.25, -0.2) is 0 Å². The number of nitrogens with two attached hydrogens (primary N) is 1. The van der Waals surface area contributed by atoms with Gasteiger partial charge in [-0.05, 0) is 131 Å². The highest BCUT2D eigenvalue weighted by molar-refractivity contribution is 5.95. The lowest BCUT2D eigenvalue weighted by Crippen LogP contribution is -2.63. The Morgan fingerprint density at radius 2 is 1.73 bits per heavy atom. The molecular weight excluding hydrogens is 608 g/mol. The van der Waals surface area contributed by atoms with Crippen LogP contribution in [0.25, 0.3) is 0 Å². The number of dihydropyridines is 1. The molecule has 48 heavy (non-hydrogen) atoms. The number of ketones is 1. The number of allylic oxidation sites excluding steroid dienone is 3. The van der Waals surface area contributed by atoms with Crippen molar-refractivity contribution in [1.29, 1.82) is 0 Å². The average molecular weight is 669 g/mol. The van der Waals surface area contributed by atoms with Crippen molar-refractivity contribution in [3.8, 4) is 0 Å². The number of hydrogen-bond acceptors (Lipinski definition) is 9. The third kappa shape index (κ3) is 4.88. The molecule has 0 unspecified atom stereocenters. The Balaban J connectivity index is 1.14. The zero-order valence-electron chi connectivity index (χ0n) is 29.5. The monoisotopic (exact) mass is 668 g/mol. The number of aliphatic hydroxyl groups is 5. The summed E-state index contributed by atoms with van der Waals surface area (Å²) in [4.78, 5) is 14.0. The molecular formula is C39H60N2O7. The smallest absolute Gasteiger partial charge is 0.159 e. The minimum atomic E-state index is -1.43. The van der Waals surface area contributed by atoms with E-state index in [1.165, 1.54) is 12.8 Å². The molecule has 0 bridgehead atoms. The van der Waals surface area contributed by atoms with Crippen LogP contribution in [0.5, 0.6) is 0 Å². The van der Waals surface area contributed by atoms with Gasteiger partial charge in [-0.1, -0.05) is 32.8 Å². The van der Waals surface area contributed by atoms with E-state index in [9.17, 15) is 30.3 Å². The third-order valence-corrected chi connectivity index (χ3v) is 15.7. The average Bonchev–Trinajstić information content (AvgIpc) is 3.60. The first kappa shape index (κ1) is 34.7. The second-order valence-corrected chi connectivity index (χ2v) is 17.9. The molecule has 7 aliphatic rings. The van der Waals surface area contributed by atoms with Crippen LogP contribution in [-0.2, 0) is 9.53 Å². The Bertz CT molecular complexity index is 1400. The summed E-state index contributed by atoms with van der Waals surface area (Å²) in [5.74, 6) is 0.708. The maximum atomic E-state index is 14.0. The number of aliphatic hydroxyl groups excluding tert-OH is 2. The van der Waals surface area contributed by atoms with E-state index in [2.05, 4.69) is 18.3 Å². The number of hydrogen-bond donors (Lipinski definition) is 7. The van der Waals surface area contributed by atoms with E-state index in [1.807, 2.05) is 13.0 Å². The zero-order chi connectivity index (χ0) is 34.5. The topological polar surface area (TPSA) is 169 Å². The van der Waals surface area contributed by atoms with Gasteiger partial charge in [0.1, 0.15) is 12.2 Å². The maximum Gasteiger partial charge on any atom is 0.159 e. The molecule has 0 aromatic carbocycles. The van der Waals surface area contributed by atoms with Gasteiger partial charge in [-0.15, -0.1) is 0 Å². The first-order chi connectivity index (χ1) is 22.5. The van der Waals surface area contributed by atoms with Crippen LogP contribution in [0.15, 0.2) is 35.2 Å². The molecule has 9 heteroatoms. The summed E-state index contributed by atoms with van der Waals surface area (Å²) < 4.78 is 6.22. The zero-order valence-corrected chi connectivity index (χ0v) is 29.5. The van der Waals surface area contributed by atoms with Gasteiger partial charge in [0, 0.05) is 23.3 Å². The summed E-state index contributed by atoms with van der Waals surface area (Å²) in [6.45, 7) is 7.87. The van der Waals surface area contributed by atoms with E-state index in [0.29, 0.717) is 56.8 Å². The Kier molecular flexibility index (Phi) is 8.41. The van der Waals surface area contributed by atoms with Crippen molar-refractivity contribution < 1.29 is 35.1 Å². The van der Waals surface area contributed by atoms with Crippen molar-refractivity contribution in [1.82, 2.24) is 5.32 Å². The van der Waals surface area contributed by atoms with Gasteiger partial charge in [0.25, 0.3) is 0 Å². The van der Waals surface area contributed by atoms with Crippen LogP contribution >= 0.6 is 0 Å². The lowest BCUT2D eigenvalue weighted by Gasteiger charge is -2.62. The van der Waals surface area contributed by atoms with Crippen molar-refractivity contribution in [2.75, 3.05) is 13.2 Å². The molecule has 9 nitrogen and oxygen atoms in total. The van der Waals surface area contributed by atoms with Crippen molar-refractivity contribution in [2.24, 2.45) is 45.7 Å². The van der Waals surface area contributed by atoms with Crippen molar-refractivity contribution in [2.45, 2.75) is 146 Å². The largest absolute Gasteiger partial charge is 0.396 e. The van der Waals surface area contributed by atoms with Gasteiger partial charge in [0.15, 0.2) is 5.78 Å². The number of carbonyl (C=O) groups is 1. The van der Waals surface area contributed by atoms with Crippen LogP contribution in [0.4, 0.5) is 0 Å². The molecule has 2 aliphatic heterocycles. The summed E-state index contributed by atoms with van der Waals surface area (Å²) in [5.41, 5.74) is 2.09. The van der Waals surface area contributed by atoms with E-state index < -0.39 is 45.9 Å². The van der Waals surface area contributed by atoms with E-state index >= 15 is 0 Å². The SMILES string of the molecule is C[C@@](O)([C@H]1CC[C@@]2(O)C3=CC(=O)[C@@H]4C[C@@H](O)CC[C@]4(C4CCCC4)[C@H]3CC[C@]12C)[C@H]1O[C@@H]1[C@](C)(O)[C@](C)(CO)CCC1=CCNC(N)=C1. The highest BCUT2D eigenvalue weighted by Crippen LogP contribution is 2.71. The normalized spacial score (nSPS) is 44.9. The van der Waals surface area contributed by atoms with Gasteiger partial charge >= 0.3 is 0 Å². The maximum absolute atomic E-state index is 14.0. The van der Waals surface area contributed by atoms with Crippen LogP contribution in [0, 0.1) is 39.9 Å². The summed E-state index contributed by atoms with van der Waals surface area (Å²) >= 11 is 0. The second-order valence-electron chi connectivity index (χ2n) is 17.9. The molecule has 4 saturated carbocycles. The molecule has 0 radical (unpaired) electrons. The molecule has 0 aromatic rings. The Labute approximate surface area is 286 Å². The highest BCUT2D eigenvalue weighted by atomic mass is 16.6. The molecule has 5 aliphatic carbocycles. The fourth-order valence-electron chi connectivity index (χ4n) is 12.4. The quantitative estimate of drug-likeness (QED) is 0.181. The highest BCUT2D eigenvalue weighted by Gasteiger charge is 2.73. The summed E-state index contributed by atoms with van der Waals surface area (Å²) in [7, 11) is 0. The van der Waals surface area contributed by atoms with Gasteiger partial charge < -0.3 is 41.3 Å². The Hall–Kier alpha value is -1.75. The predicted octanol–water partition coefficient (Wildman–Crippen LogP) is 3.77. The number of ether oxygens (including phenoxy) is 1. The second kappa shape index (κ2) is 11.6. The summed E-state index contributed by atoms with van der Waals surface area (Å²) in [6.07, 6.45) is 14.3.